The summed E-state index contributed by atoms with van der Waals surface area (Å²) in [6.07, 6.45) is 5.21. The van der Waals surface area contributed by atoms with Crippen LogP contribution in [0.5, 0.6) is 17.2 Å². The highest BCUT2D eigenvalue weighted by atomic mass is 16.6. The first-order valence-electron chi connectivity index (χ1n) is 7.26. The molecule has 0 unspecified atom stereocenters. The molecule has 0 amide bonds. The van der Waals surface area contributed by atoms with Crippen molar-refractivity contribution in [1.29, 1.82) is 0 Å². The SMILES string of the molecule is COc1cc(C=CC(=O)O)ccc1OC(=O)C=Cc1ccc(O)cc1. The summed E-state index contributed by atoms with van der Waals surface area (Å²) in [4.78, 5) is 22.5. The van der Waals surface area contributed by atoms with Crippen LogP contribution < -0.4 is 9.47 Å². The Kier molecular flexibility index (Phi) is 5.95. The molecule has 0 bridgehead atoms. The number of phenolic OH excluding ortho intramolecular Hbond substituents is 1. The second-order valence-electron chi connectivity index (χ2n) is 4.93. The zero-order chi connectivity index (χ0) is 18.2. The van der Waals surface area contributed by atoms with Gasteiger partial charge in [-0.3, -0.25) is 0 Å². The molecule has 0 saturated carbocycles. The van der Waals surface area contributed by atoms with E-state index in [-0.39, 0.29) is 11.5 Å². The molecule has 0 atom stereocenters. The van der Waals surface area contributed by atoms with Crippen molar-refractivity contribution in [3.8, 4) is 17.2 Å². The summed E-state index contributed by atoms with van der Waals surface area (Å²) < 4.78 is 10.4. The largest absolute Gasteiger partial charge is 0.508 e. The number of rotatable bonds is 6. The molecule has 128 valence electrons. The number of aliphatic carboxylic acids is 1. The molecule has 0 spiro atoms. The maximum atomic E-state index is 11.9. The number of carboxylic acids is 1. The lowest BCUT2D eigenvalue weighted by molar-refractivity contribution is -0.131. The third-order valence-electron chi connectivity index (χ3n) is 3.12. The van der Waals surface area contributed by atoms with Gasteiger partial charge in [0.25, 0.3) is 0 Å². The second-order valence-corrected chi connectivity index (χ2v) is 4.93. The Labute approximate surface area is 144 Å². The van der Waals surface area contributed by atoms with Gasteiger partial charge in [-0.05, 0) is 47.5 Å². The topological polar surface area (TPSA) is 93.1 Å². The first kappa shape index (κ1) is 17.8. The summed E-state index contributed by atoms with van der Waals surface area (Å²) in [5, 5.41) is 17.8. The number of carbonyl (C=O) groups is 2. The van der Waals surface area contributed by atoms with Crippen LogP contribution in [0.2, 0.25) is 0 Å². The fraction of sp³-hybridized carbons (Fsp3) is 0.0526. The maximum Gasteiger partial charge on any atom is 0.336 e. The van der Waals surface area contributed by atoms with Crippen molar-refractivity contribution in [1.82, 2.24) is 0 Å². The molecule has 25 heavy (non-hydrogen) atoms. The molecule has 0 aliphatic rings. The van der Waals surface area contributed by atoms with Crippen LogP contribution in [0, 0.1) is 0 Å². The zero-order valence-corrected chi connectivity index (χ0v) is 13.4. The average Bonchev–Trinajstić information content (AvgIpc) is 2.60. The molecule has 0 aliphatic heterocycles. The first-order chi connectivity index (χ1) is 12.0. The van der Waals surface area contributed by atoms with Gasteiger partial charge in [0.05, 0.1) is 7.11 Å². The Morgan fingerprint density at radius 1 is 0.920 bits per heavy atom. The highest BCUT2D eigenvalue weighted by Crippen LogP contribution is 2.28. The lowest BCUT2D eigenvalue weighted by atomic mass is 10.2. The van der Waals surface area contributed by atoms with E-state index in [1.165, 1.54) is 37.5 Å². The summed E-state index contributed by atoms with van der Waals surface area (Å²) in [7, 11) is 1.42. The van der Waals surface area contributed by atoms with E-state index in [0.29, 0.717) is 11.3 Å². The van der Waals surface area contributed by atoms with Gasteiger partial charge in [-0.2, -0.15) is 0 Å². The van der Waals surface area contributed by atoms with Crippen LogP contribution in [0.15, 0.2) is 54.6 Å². The molecular weight excluding hydrogens is 324 g/mol. The fourth-order valence-corrected chi connectivity index (χ4v) is 1.93. The molecule has 2 aromatic rings. The van der Waals surface area contributed by atoms with E-state index < -0.39 is 11.9 Å². The van der Waals surface area contributed by atoms with E-state index in [9.17, 15) is 14.7 Å². The Hall–Kier alpha value is -3.54. The van der Waals surface area contributed by atoms with Gasteiger partial charge in [0.2, 0.25) is 0 Å². The van der Waals surface area contributed by atoms with Crippen molar-refractivity contribution < 1.29 is 29.3 Å². The molecule has 0 aliphatic carbocycles. The van der Waals surface area contributed by atoms with Crippen molar-refractivity contribution >= 4 is 24.1 Å². The minimum Gasteiger partial charge on any atom is -0.508 e. The van der Waals surface area contributed by atoms with E-state index in [1.54, 1.807) is 30.3 Å². The second kappa shape index (κ2) is 8.35. The number of aromatic hydroxyl groups is 1. The first-order valence-corrected chi connectivity index (χ1v) is 7.26. The van der Waals surface area contributed by atoms with E-state index in [1.807, 2.05) is 0 Å². The Morgan fingerprint density at radius 2 is 1.56 bits per heavy atom. The van der Waals surface area contributed by atoms with Crippen molar-refractivity contribution in [2.24, 2.45) is 0 Å². The third-order valence-corrected chi connectivity index (χ3v) is 3.12. The number of hydrogen-bond donors (Lipinski definition) is 2. The maximum absolute atomic E-state index is 11.9. The van der Waals surface area contributed by atoms with Crippen LogP contribution in [-0.4, -0.2) is 29.3 Å². The highest BCUT2D eigenvalue weighted by molar-refractivity contribution is 5.89. The fourth-order valence-electron chi connectivity index (χ4n) is 1.93. The lowest BCUT2D eigenvalue weighted by Crippen LogP contribution is -2.05. The third kappa shape index (κ3) is 5.54. The van der Waals surface area contributed by atoms with Gasteiger partial charge >= 0.3 is 11.9 Å². The smallest absolute Gasteiger partial charge is 0.336 e. The molecule has 0 fully saturated rings. The number of ether oxygens (including phenoxy) is 2. The van der Waals surface area contributed by atoms with Crippen LogP contribution in [0.3, 0.4) is 0 Å². The van der Waals surface area contributed by atoms with Crippen LogP contribution in [0.25, 0.3) is 12.2 Å². The molecule has 6 nitrogen and oxygen atoms in total. The Bertz CT molecular complexity index is 818. The molecule has 6 heteroatoms. The van der Waals surface area contributed by atoms with Gasteiger partial charge in [-0.25, -0.2) is 9.59 Å². The number of carbonyl (C=O) groups excluding carboxylic acids is 1. The summed E-state index contributed by atoms with van der Waals surface area (Å²) in [6.45, 7) is 0. The number of phenols is 1. The monoisotopic (exact) mass is 340 g/mol. The summed E-state index contributed by atoms with van der Waals surface area (Å²) in [6, 6.07) is 11.0. The van der Waals surface area contributed by atoms with E-state index in [2.05, 4.69) is 0 Å². The molecule has 2 rings (SSSR count). The van der Waals surface area contributed by atoms with Crippen LogP contribution in [0.1, 0.15) is 11.1 Å². The van der Waals surface area contributed by atoms with Gasteiger partial charge in [0, 0.05) is 12.2 Å². The molecular formula is C19H16O6. The van der Waals surface area contributed by atoms with E-state index in [0.717, 1.165) is 11.6 Å². The quantitative estimate of drug-likeness (QED) is 0.477. The summed E-state index contributed by atoms with van der Waals surface area (Å²) in [5.41, 5.74) is 1.33. The lowest BCUT2D eigenvalue weighted by Gasteiger charge is -2.08. The normalized spacial score (nSPS) is 10.9. The summed E-state index contributed by atoms with van der Waals surface area (Å²) >= 11 is 0. The average molecular weight is 340 g/mol. The Balaban J connectivity index is 2.09. The van der Waals surface area contributed by atoms with Gasteiger partial charge < -0.3 is 19.7 Å². The number of methoxy groups -OCH3 is 1. The van der Waals surface area contributed by atoms with Crippen LogP contribution in [0.4, 0.5) is 0 Å². The molecule has 2 N–H and O–H groups in total. The predicted molar refractivity (Wildman–Crippen MR) is 92.4 cm³/mol. The number of benzene rings is 2. The van der Waals surface area contributed by atoms with Gasteiger partial charge in [-0.1, -0.05) is 18.2 Å². The van der Waals surface area contributed by atoms with Gasteiger partial charge in [0.15, 0.2) is 11.5 Å². The van der Waals surface area contributed by atoms with Crippen molar-refractivity contribution in [2.75, 3.05) is 7.11 Å². The van der Waals surface area contributed by atoms with Crippen LogP contribution >= 0.6 is 0 Å². The summed E-state index contributed by atoms with van der Waals surface area (Å²) in [5.74, 6) is -0.996. The van der Waals surface area contributed by atoms with E-state index in [4.69, 9.17) is 14.6 Å². The minimum absolute atomic E-state index is 0.140. The molecule has 0 saturated heterocycles. The minimum atomic E-state index is -1.06. The van der Waals surface area contributed by atoms with Crippen molar-refractivity contribution in [3.63, 3.8) is 0 Å². The number of carboxylic acid groups (broad SMARTS) is 1. The highest BCUT2D eigenvalue weighted by Gasteiger charge is 2.08. The Morgan fingerprint density at radius 3 is 2.20 bits per heavy atom. The molecule has 0 radical (unpaired) electrons. The van der Waals surface area contributed by atoms with Crippen molar-refractivity contribution in [2.45, 2.75) is 0 Å². The van der Waals surface area contributed by atoms with Gasteiger partial charge in [-0.15, -0.1) is 0 Å². The molecule has 2 aromatic carbocycles. The standard InChI is InChI=1S/C19H16O6/c1-24-17-12-14(5-10-18(21)22)4-9-16(17)25-19(23)11-6-13-2-7-15(20)8-3-13/h2-12,20H,1H3,(H,21,22). The zero-order valence-electron chi connectivity index (χ0n) is 13.4. The predicted octanol–water partition coefficient (Wildman–Crippen LogP) is 3.12. The molecule has 0 aromatic heterocycles. The van der Waals surface area contributed by atoms with E-state index >= 15 is 0 Å². The van der Waals surface area contributed by atoms with Crippen molar-refractivity contribution in [3.05, 3.63) is 65.7 Å². The molecule has 0 heterocycles. The number of hydrogen-bond acceptors (Lipinski definition) is 5. The van der Waals surface area contributed by atoms with Crippen LogP contribution in [-0.2, 0) is 9.59 Å². The van der Waals surface area contributed by atoms with Gasteiger partial charge in [0.1, 0.15) is 5.75 Å². The number of esters is 1.